The first-order valence-corrected chi connectivity index (χ1v) is 8.43. The topological polar surface area (TPSA) is 24.3 Å². The summed E-state index contributed by atoms with van der Waals surface area (Å²) in [5.74, 6) is 0.967. The SMILES string of the molecule is CN1CN(c2cccc(-c3ccccc3)c2)c2nc3ccccc3n21. The van der Waals surface area contributed by atoms with Crippen molar-refractivity contribution in [1.82, 2.24) is 9.66 Å². The summed E-state index contributed by atoms with van der Waals surface area (Å²) in [6, 6.07) is 27.4. The van der Waals surface area contributed by atoms with Gasteiger partial charge in [0.15, 0.2) is 0 Å². The van der Waals surface area contributed by atoms with Gasteiger partial charge in [0.25, 0.3) is 0 Å². The van der Waals surface area contributed by atoms with Gasteiger partial charge < -0.3 is 0 Å². The van der Waals surface area contributed by atoms with Crippen LogP contribution in [0.4, 0.5) is 11.6 Å². The van der Waals surface area contributed by atoms with E-state index in [1.165, 1.54) is 11.1 Å². The van der Waals surface area contributed by atoms with Crippen molar-refractivity contribution in [1.29, 1.82) is 0 Å². The van der Waals surface area contributed by atoms with Gasteiger partial charge in [-0.05, 0) is 35.4 Å². The van der Waals surface area contributed by atoms with Crippen LogP contribution in [-0.4, -0.2) is 23.4 Å². The first-order chi connectivity index (χ1) is 12.3. The van der Waals surface area contributed by atoms with E-state index in [9.17, 15) is 0 Å². The van der Waals surface area contributed by atoms with Gasteiger partial charge in [-0.15, -0.1) is 0 Å². The van der Waals surface area contributed by atoms with Crippen LogP contribution in [-0.2, 0) is 0 Å². The number of benzene rings is 3. The minimum absolute atomic E-state index is 0.783. The number of imidazole rings is 1. The van der Waals surface area contributed by atoms with Crippen LogP contribution in [0.1, 0.15) is 0 Å². The summed E-state index contributed by atoms with van der Waals surface area (Å²) >= 11 is 0. The van der Waals surface area contributed by atoms with Crippen molar-refractivity contribution in [2.75, 3.05) is 23.6 Å². The van der Waals surface area contributed by atoms with Gasteiger partial charge in [0.1, 0.15) is 6.67 Å². The molecule has 2 heterocycles. The van der Waals surface area contributed by atoms with Crippen LogP contribution in [0.3, 0.4) is 0 Å². The molecule has 1 aliphatic rings. The Labute approximate surface area is 146 Å². The number of hydrogen-bond donors (Lipinski definition) is 0. The van der Waals surface area contributed by atoms with Crippen molar-refractivity contribution in [2.24, 2.45) is 0 Å². The van der Waals surface area contributed by atoms with E-state index < -0.39 is 0 Å². The molecular formula is C21H18N4. The van der Waals surface area contributed by atoms with E-state index in [1.54, 1.807) is 0 Å². The molecule has 1 aliphatic heterocycles. The minimum Gasteiger partial charge on any atom is -0.292 e. The van der Waals surface area contributed by atoms with Gasteiger partial charge in [-0.25, -0.2) is 9.66 Å². The van der Waals surface area contributed by atoms with Gasteiger partial charge in [-0.1, -0.05) is 54.6 Å². The zero-order chi connectivity index (χ0) is 16.8. The summed E-state index contributed by atoms with van der Waals surface area (Å²) in [7, 11) is 2.10. The van der Waals surface area contributed by atoms with E-state index in [-0.39, 0.29) is 0 Å². The van der Waals surface area contributed by atoms with Crippen LogP contribution < -0.4 is 9.91 Å². The second kappa shape index (κ2) is 5.38. The van der Waals surface area contributed by atoms with Crippen molar-refractivity contribution in [3.8, 4) is 11.1 Å². The fourth-order valence-electron chi connectivity index (χ4n) is 3.52. The fraction of sp³-hybridized carbons (Fsp3) is 0.0952. The molecule has 3 aromatic carbocycles. The Bertz CT molecular complexity index is 1050. The highest BCUT2D eigenvalue weighted by Gasteiger charge is 2.28. The molecule has 4 nitrogen and oxygen atoms in total. The van der Waals surface area contributed by atoms with Gasteiger partial charge in [-0.2, -0.15) is 0 Å². The zero-order valence-electron chi connectivity index (χ0n) is 14.0. The second-order valence-corrected chi connectivity index (χ2v) is 6.36. The summed E-state index contributed by atoms with van der Waals surface area (Å²) in [6.07, 6.45) is 0. The Morgan fingerprint density at radius 3 is 2.44 bits per heavy atom. The Balaban J connectivity index is 1.62. The lowest BCUT2D eigenvalue weighted by Gasteiger charge is -2.18. The summed E-state index contributed by atoms with van der Waals surface area (Å²) in [4.78, 5) is 7.11. The summed E-state index contributed by atoms with van der Waals surface area (Å²) in [5.41, 5.74) is 5.76. The molecule has 0 bridgehead atoms. The maximum absolute atomic E-state index is 4.85. The average molecular weight is 326 g/mol. The Hall–Kier alpha value is -3.27. The number of nitrogens with zero attached hydrogens (tertiary/aromatic N) is 4. The monoisotopic (exact) mass is 326 g/mol. The molecule has 122 valence electrons. The van der Waals surface area contributed by atoms with E-state index in [0.29, 0.717) is 0 Å². The molecule has 0 unspecified atom stereocenters. The molecule has 4 heteroatoms. The van der Waals surface area contributed by atoms with Gasteiger partial charge in [0, 0.05) is 12.7 Å². The molecular weight excluding hydrogens is 308 g/mol. The largest absolute Gasteiger partial charge is 0.292 e. The maximum atomic E-state index is 4.85. The number of para-hydroxylation sites is 2. The summed E-state index contributed by atoms with van der Waals surface area (Å²) in [6.45, 7) is 0.783. The third-order valence-corrected chi connectivity index (χ3v) is 4.71. The fourth-order valence-corrected chi connectivity index (χ4v) is 3.52. The van der Waals surface area contributed by atoms with Crippen LogP contribution >= 0.6 is 0 Å². The van der Waals surface area contributed by atoms with Crippen molar-refractivity contribution < 1.29 is 0 Å². The first-order valence-electron chi connectivity index (χ1n) is 8.43. The van der Waals surface area contributed by atoms with Crippen molar-refractivity contribution in [2.45, 2.75) is 0 Å². The lowest BCUT2D eigenvalue weighted by Crippen LogP contribution is -2.29. The van der Waals surface area contributed by atoms with E-state index in [4.69, 9.17) is 4.98 Å². The molecule has 0 aliphatic carbocycles. The Morgan fingerprint density at radius 1 is 0.800 bits per heavy atom. The van der Waals surface area contributed by atoms with Crippen LogP contribution in [0, 0.1) is 0 Å². The standard InChI is InChI=1S/C21H18N4/c1-23-15-24(21-22-19-12-5-6-13-20(19)25(21)23)18-11-7-10-17(14-18)16-8-3-2-4-9-16/h2-14H,15H2,1H3. The number of anilines is 2. The second-order valence-electron chi connectivity index (χ2n) is 6.36. The number of hydrogen-bond acceptors (Lipinski definition) is 3. The van der Waals surface area contributed by atoms with Gasteiger partial charge >= 0.3 is 0 Å². The third-order valence-electron chi connectivity index (χ3n) is 4.71. The zero-order valence-corrected chi connectivity index (χ0v) is 14.0. The van der Waals surface area contributed by atoms with E-state index in [0.717, 1.165) is 29.3 Å². The lowest BCUT2D eigenvalue weighted by molar-refractivity contribution is 0.759. The molecule has 5 rings (SSSR count). The molecule has 0 N–H and O–H groups in total. The average Bonchev–Trinajstić information content (AvgIpc) is 3.20. The molecule has 0 fully saturated rings. The molecule has 25 heavy (non-hydrogen) atoms. The first kappa shape index (κ1) is 14.1. The number of aromatic nitrogens is 2. The van der Waals surface area contributed by atoms with Crippen molar-refractivity contribution in [3.05, 3.63) is 78.9 Å². The van der Waals surface area contributed by atoms with Gasteiger partial charge in [-0.3, -0.25) is 9.91 Å². The van der Waals surface area contributed by atoms with E-state index >= 15 is 0 Å². The molecule has 4 aromatic rings. The van der Waals surface area contributed by atoms with Crippen molar-refractivity contribution >= 4 is 22.7 Å². The molecule has 0 saturated heterocycles. The van der Waals surface area contributed by atoms with E-state index in [2.05, 4.69) is 88.4 Å². The van der Waals surface area contributed by atoms with E-state index in [1.807, 2.05) is 12.1 Å². The van der Waals surface area contributed by atoms with Gasteiger partial charge in [0.05, 0.1) is 11.0 Å². The summed E-state index contributed by atoms with van der Waals surface area (Å²) in [5, 5.41) is 2.19. The number of fused-ring (bicyclic) bond motifs is 3. The summed E-state index contributed by atoms with van der Waals surface area (Å²) < 4.78 is 2.19. The van der Waals surface area contributed by atoms with Crippen molar-refractivity contribution in [3.63, 3.8) is 0 Å². The highest BCUT2D eigenvalue weighted by molar-refractivity contribution is 5.82. The Kier molecular flexibility index (Phi) is 3.04. The molecule has 1 aromatic heterocycles. The normalized spacial score (nSPS) is 13.5. The molecule has 0 radical (unpaired) electrons. The van der Waals surface area contributed by atoms with Crippen LogP contribution in [0.15, 0.2) is 78.9 Å². The number of rotatable bonds is 2. The van der Waals surface area contributed by atoms with Crippen LogP contribution in [0.5, 0.6) is 0 Å². The van der Waals surface area contributed by atoms with Crippen LogP contribution in [0.25, 0.3) is 22.2 Å². The molecule has 0 amide bonds. The quantitative estimate of drug-likeness (QED) is 0.546. The lowest BCUT2D eigenvalue weighted by atomic mass is 10.1. The molecule has 0 atom stereocenters. The minimum atomic E-state index is 0.783. The smallest absolute Gasteiger partial charge is 0.232 e. The highest BCUT2D eigenvalue weighted by Crippen LogP contribution is 2.34. The molecule has 0 saturated carbocycles. The molecule has 0 spiro atoms. The van der Waals surface area contributed by atoms with Crippen LogP contribution in [0.2, 0.25) is 0 Å². The third kappa shape index (κ3) is 2.18. The van der Waals surface area contributed by atoms with Gasteiger partial charge in [0.2, 0.25) is 5.95 Å². The predicted molar refractivity (Wildman–Crippen MR) is 103 cm³/mol. The highest BCUT2D eigenvalue weighted by atomic mass is 15.7. The maximum Gasteiger partial charge on any atom is 0.232 e. The Morgan fingerprint density at radius 2 is 1.56 bits per heavy atom. The predicted octanol–water partition coefficient (Wildman–Crippen LogP) is 4.38.